The summed E-state index contributed by atoms with van der Waals surface area (Å²) in [6, 6.07) is 23.6. The van der Waals surface area contributed by atoms with Gasteiger partial charge in [0, 0.05) is 11.1 Å². The lowest BCUT2D eigenvalue weighted by Gasteiger charge is -2.08. The molecule has 0 atom stereocenters. The van der Waals surface area contributed by atoms with E-state index >= 15 is 0 Å². The Morgan fingerprint density at radius 3 is 2.21 bits per heavy atom. The first-order chi connectivity index (χ1) is 13.7. The minimum atomic E-state index is -0.288. The highest BCUT2D eigenvalue weighted by Crippen LogP contribution is 2.27. The van der Waals surface area contributed by atoms with Crippen molar-refractivity contribution in [2.75, 3.05) is 7.11 Å². The Labute approximate surface area is 171 Å². The summed E-state index contributed by atoms with van der Waals surface area (Å²) in [7, 11) is 1.58. The van der Waals surface area contributed by atoms with Crippen molar-refractivity contribution in [3.63, 3.8) is 0 Å². The molecule has 1 amide bonds. The number of hydrazone groups is 1. The second kappa shape index (κ2) is 7.82. The van der Waals surface area contributed by atoms with E-state index in [0.717, 1.165) is 27.1 Å². The van der Waals surface area contributed by atoms with Gasteiger partial charge in [0.2, 0.25) is 0 Å². The third-order valence-corrected chi connectivity index (χ3v) is 5.21. The number of rotatable bonds is 4. The Hall–Kier alpha value is -3.18. The van der Waals surface area contributed by atoms with E-state index < -0.39 is 0 Å². The first-order valence-electron chi connectivity index (χ1n) is 8.75. The second-order valence-electron chi connectivity index (χ2n) is 6.28. The van der Waals surface area contributed by atoms with Crippen molar-refractivity contribution < 1.29 is 9.53 Å². The highest BCUT2D eigenvalue weighted by atomic mass is 79.9. The molecule has 0 fully saturated rings. The number of nitrogens with zero attached hydrogens (tertiary/aromatic N) is 1. The van der Waals surface area contributed by atoms with Gasteiger partial charge in [0.25, 0.3) is 5.91 Å². The molecule has 0 aliphatic heterocycles. The molecule has 0 heterocycles. The predicted octanol–water partition coefficient (Wildman–Crippen LogP) is 5.53. The molecule has 0 radical (unpaired) electrons. The summed E-state index contributed by atoms with van der Waals surface area (Å²) in [5.41, 5.74) is 4.08. The largest absolute Gasteiger partial charge is 0.496 e. The lowest BCUT2D eigenvalue weighted by Crippen LogP contribution is -2.17. The van der Waals surface area contributed by atoms with Crippen molar-refractivity contribution in [1.82, 2.24) is 5.43 Å². The van der Waals surface area contributed by atoms with E-state index in [-0.39, 0.29) is 5.91 Å². The number of halogens is 1. The third kappa shape index (κ3) is 3.49. The number of carbonyl (C=O) groups is 1. The number of hydrogen-bond acceptors (Lipinski definition) is 3. The summed E-state index contributed by atoms with van der Waals surface area (Å²) in [6.07, 6.45) is 1.71. The van der Waals surface area contributed by atoms with Crippen LogP contribution in [0.3, 0.4) is 0 Å². The molecular weight excluding hydrogens is 416 g/mol. The van der Waals surface area contributed by atoms with Gasteiger partial charge in [-0.2, -0.15) is 5.10 Å². The molecule has 0 spiro atoms. The van der Waals surface area contributed by atoms with Gasteiger partial charge >= 0.3 is 0 Å². The van der Waals surface area contributed by atoms with Gasteiger partial charge < -0.3 is 4.74 Å². The zero-order valence-corrected chi connectivity index (χ0v) is 16.7. The SMILES string of the molecule is COc1ccc(C(=O)NN=Cc2c3ccccc3cc3ccccc23)cc1Br. The zero-order valence-electron chi connectivity index (χ0n) is 15.1. The monoisotopic (exact) mass is 432 g/mol. The standard InChI is InChI=1S/C23H17BrN2O2/c1-28-22-11-10-17(13-21(22)24)23(27)26-25-14-20-18-8-4-2-6-15(18)12-16-7-3-5-9-19(16)20/h2-14H,1H3,(H,26,27). The predicted molar refractivity (Wildman–Crippen MR) is 117 cm³/mol. The molecule has 0 aliphatic carbocycles. The number of hydrogen-bond donors (Lipinski definition) is 1. The fraction of sp³-hybridized carbons (Fsp3) is 0.0435. The normalized spacial score (nSPS) is 11.2. The van der Waals surface area contributed by atoms with E-state index in [1.165, 1.54) is 0 Å². The van der Waals surface area contributed by atoms with Gasteiger partial charge in [-0.05, 0) is 61.7 Å². The number of fused-ring (bicyclic) bond motifs is 2. The lowest BCUT2D eigenvalue weighted by atomic mass is 9.97. The van der Waals surface area contributed by atoms with Crippen molar-refractivity contribution >= 4 is 49.6 Å². The van der Waals surface area contributed by atoms with Gasteiger partial charge in [-0.25, -0.2) is 5.43 Å². The maximum atomic E-state index is 12.4. The number of ether oxygens (including phenoxy) is 1. The van der Waals surface area contributed by atoms with Crippen LogP contribution < -0.4 is 10.2 Å². The van der Waals surface area contributed by atoms with Gasteiger partial charge in [-0.1, -0.05) is 48.5 Å². The van der Waals surface area contributed by atoms with Crippen LogP contribution in [0.2, 0.25) is 0 Å². The van der Waals surface area contributed by atoms with Crippen molar-refractivity contribution in [1.29, 1.82) is 0 Å². The van der Waals surface area contributed by atoms with E-state index in [4.69, 9.17) is 4.74 Å². The quantitative estimate of drug-likeness (QED) is 0.262. The minimum Gasteiger partial charge on any atom is -0.496 e. The third-order valence-electron chi connectivity index (χ3n) is 4.59. The number of benzene rings is 4. The minimum absolute atomic E-state index is 0.288. The maximum Gasteiger partial charge on any atom is 0.271 e. The average molecular weight is 433 g/mol. The molecule has 0 saturated heterocycles. The highest BCUT2D eigenvalue weighted by molar-refractivity contribution is 9.10. The van der Waals surface area contributed by atoms with Gasteiger partial charge in [-0.15, -0.1) is 0 Å². The van der Waals surface area contributed by atoms with E-state index in [0.29, 0.717) is 15.8 Å². The number of methoxy groups -OCH3 is 1. The number of carbonyl (C=O) groups excluding carboxylic acids is 1. The maximum absolute atomic E-state index is 12.4. The summed E-state index contributed by atoms with van der Waals surface area (Å²) in [4.78, 5) is 12.4. The van der Waals surface area contributed by atoms with Crippen LogP contribution in [0, 0.1) is 0 Å². The molecule has 4 nitrogen and oxygen atoms in total. The first kappa shape index (κ1) is 18.2. The molecule has 4 rings (SSSR count). The zero-order chi connectivity index (χ0) is 19.5. The van der Waals surface area contributed by atoms with Crippen LogP contribution in [0.4, 0.5) is 0 Å². The Bertz CT molecular complexity index is 1160. The van der Waals surface area contributed by atoms with Crippen molar-refractivity contribution in [3.05, 3.63) is 88.4 Å². The molecule has 0 unspecified atom stereocenters. The van der Waals surface area contributed by atoms with Crippen LogP contribution in [0.25, 0.3) is 21.5 Å². The average Bonchev–Trinajstić information content (AvgIpc) is 2.73. The molecule has 4 aromatic rings. The molecule has 4 aromatic carbocycles. The summed E-state index contributed by atoms with van der Waals surface area (Å²) in [6.45, 7) is 0. The van der Waals surface area contributed by atoms with E-state index in [2.05, 4.69) is 56.8 Å². The topological polar surface area (TPSA) is 50.7 Å². The molecule has 138 valence electrons. The van der Waals surface area contributed by atoms with Crippen LogP contribution in [-0.4, -0.2) is 19.2 Å². The number of amides is 1. The van der Waals surface area contributed by atoms with Crippen molar-refractivity contribution in [2.45, 2.75) is 0 Å². The van der Waals surface area contributed by atoms with Crippen LogP contribution in [0.15, 0.2) is 82.4 Å². The van der Waals surface area contributed by atoms with Gasteiger partial charge in [-0.3, -0.25) is 4.79 Å². The van der Waals surface area contributed by atoms with Crippen LogP contribution in [0.1, 0.15) is 15.9 Å². The van der Waals surface area contributed by atoms with Crippen LogP contribution in [0.5, 0.6) is 5.75 Å². The molecule has 0 aromatic heterocycles. The van der Waals surface area contributed by atoms with E-state index in [1.807, 2.05) is 24.3 Å². The van der Waals surface area contributed by atoms with Crippen LogP contribution >= 0.6 is 15.9 Å². The summed E-state index contributed by atoms with van der Waals surface area (Å²) < 4.78 is 5.91. The molecular formula is C23H17BrN2O2. The Kier molecular flexibility index (Phi) is 5.08. The molecule has 0 bridgehead atoms. The molecule has 1 N–H and O–H groups in total. The Morgan fingerprint density at radius 1 is 0.964 bits per heavy atom. The summed E-state index contributed by atoms with van der Waals surface area (Å²) in [5, 5.41) is 8.66. The molecule has 5 heteroatoms. The van der Waals surface area contributed by atoms with Crippen molar-refractivity contribution in [3.8, 4) is 5.75 Å². The molecule has 28 heavy (non-hydrogen) atoms. The summed E-state index contributed by atoms with van der Waals surface area (Å²) >= 11 is 3.39. The summed E-state index contributed by atoms with van der Waals surface area (Å²) in [5.74, 6) is 0.381. The van der Waals surface area contributed by atoms with E-state index in [1.54, 1.807) is 31.5 Å². The smallest absolute Gasteiger partial charge is 0.271 e. The molecule has 0 saturated carbocycles. The first-order valence-corrected chi connectivity index (χ1v) is 9.54. The fourth-order valence-electron chi connectivity index (χ4n) is 3.22. The van der Waals surface area contributed by atoms with Crippen LogP contribution in [-0.2, 0) is 0 Å². The fourth-order valence-corrected chi connectivity index (χ4v) is 3.76. The Balaban J connectivity index is 1.66. The van der Waals surface area contributed by atoms with Crippen molar-refractivity contribution in [2.24, 2.45) is 5.10 Å². The van der Waals surface area contributed by atoms with Gasteiger partial charge in [0.1, 0.15) is 5.75 Å². The number of nitrogens with one attached hydrogen (secondary N) is 1. The highest BCUT2D eigenvalue weighted by Gasteiger charge is 2.09. The van der Waals surface area contributed by atoms with Gasteiger partial charge in [0.05, 0.1) is 17.8 Å². The second-order valence-corrected chi connectivity index (χ2v) is 7.14. The Morgan fingerprint density at radius 2 is 1.61 bits per heavy atom. The lowest BCUT2D eigenvalue weighted by molar-refractivity contribution is 0.0955. The van der Waals surface area contributed by atoms with Gasteiger partial charge in [0.15, 0.2) is 0 Å². The molecule has 0 aliphatic rings. The van der Waals surface area contributed by atoms with E-state index in [9.17, 15) is 4.79 Å².